The molecule has 0 radical (unpaired) electrons. The van der Waals surface area contributed by atoms with Crippen molar-refractivity contribution >= 4 is 16.6 Å². The van der Waals surface area contributed by atoms with E-state index in [-0.39, 0.29) is 12.6 Å². The Morgan fingerprint density at radius 3 is 2.83 bits per heavy atom. The number of nitrogens with zero attached hydrogens (tertiary/aromatic N) is 2. The molecule has 0 bridgehead atoms. The monoisotopic (exact) mass is 246 g/mol. The zero-order valence-electron chi connectivity index (χ0n) is 10.9. The minimum atomic E-state index is 0.0225. The van der Waals surface area contributed by atoms with E-state index in [1.165, 1.54) is 0 Å². The van der Waals surface area contributed by atoms with E-state index in [1.807, 2.05) is 43.1 Å². The largest absolute Gasteiger partial charge is 0.497 e. The Hall–Kier alpha value is -1.81. The molecule has 4 nitrogen and oxygen atoms in total. The Morgan fingerprint density at radius 2 is 2.17 bits per heavy atom. The van der Waals surface area contributed by atoms with Gasteiger partial charge in [0.2, 0.25) is 0 Å². The maximum absolute atomic E-state index is 9.25. The molecule has 1 unspecified atom stereocenters. The van der Waals surface area contributed by atoms with E-state index in [9.17, 15) is 5.11 Å². The van der Waals surface area contributed by atoms with Crippen LogP contribution in [0.1, 0.15) is 6.92 Å². The molecule has 0 saturated heterocycles. The Balaban J connectivity index is 2.55. The Morgan fingerprint density at radius 1 is 1.39 bits per heavy atom. The minimum Gasteiger partial charge on any atom is -0.497 e. The molecule has 0 amide bonds. The van der Waals surface area contributed by atoms with Crippen LogP contribution in [0.2, 0.25) is 0 Å². The van der Waals surface area contributed by atoms with E-state index in [0.29, 0.717) is 0 Å². The van der Waals surface area contributed by atoms with E-state index < -0.39 is 0 Å². The normalized spacial score (nSPS) is 12.4. The number of benzene rings is 1. The lowest BCUT2D eigenvalue weighted by Gasteiger charge is -2.25. The highest BCUT2D eigenvalue weighted by molar-refractivity contribution is 5.93. The van der Waals surface area contributed by atoms with E-state index in [4.69, 9.17) is 4.74 Å². The van der Waals surface area contributed by atoms with Crippen molar-refractivity contribution in [3.8, 4) is 5.75 Å². The first-order valence-corrected chi connectivity index (χ1v) is 5.94. The Labute approximate surface area is 107 Å². The SMILES string of the molecule is COc1ccc2ccnc(N(C)C(C)CO)c2c1. The van der Waals surface area contributed by atoms with Crippen molar-refractivity contribution in [2.24, 2.45) is 0 Å². The molecule has 0 aliphatic rings. The van der Waals surface area contributed by atoms with Crippen molar-refractivity contribution in [1.29, 1.82) is 0 Å². The van der Waals surface area contributed by atoms with E-state index >= 15 is 0 Å². The van der Waals surface area contributed by atoms with Gasteiger partial charge in [0, 0.05) is 18.6 Å². The predicted molar refractivity (Wildman–Crippen MR) is 73.2 cm³/mol. The number of ether oxygens (including phenoxy) is 1. The van der Waals surface area contributed by atoms with E-state index in [2.05, 4.69) is 4.98 Å². The van der Waals surface area contributed by atoms with Gasteiger partial charge in [0.1, 0.15) is 11.6 Å². The second-order valence-electron chi connectivity index (χ2n) is 4.36. The number of aliphatic hydroxyl groups excluding tert-OH is 1. The van der Waals surface area contributed by atoms with Gasteiger partial charge in [-0.3, -0.25) is 0 Å². The van der Waals surface area contributed by atoms with Gasteiger partial charge in [-0.05, 0) is 30.5 Å². The van der Waals surface area contributed by atoms with Gasteiger partial charge in [0.25, 0.3) is 0 Å². The summed E-state index contributed by atoms with van der Waals surface area (Å²) < 4.78 is 5.25. The Kier molecular flexibility index (Phi) is 3.67. The summed E-state index contributed by atoms with van der Waals surface area (Å²) in [6, 6.07) is 7.90. The standard InChI is InChI=1S/C14H18N2O2/c1-10(9-17)16(2)14-13-8-12(18-3)5-4-11(13)6-7-15-14/h4-8,10,17H,9H2,1-3H3. The van der Waals surface area contributed by atoms with Crippen LogP contribution in [0.15, 0.2) is 30.5 Å². The van der Waals surface area contributed by atoms with Crippen molar-refractivity contribution in [2.75, 3.05) is 25.7 Å². The topological polar surface area (TPSA) is 45.6 Å². The number of likely N-dealkylation sites (N-methyl/N-ethyl adjacent to an activating group) is 1. The summed E-state index contributed by atoms with van der Waals surface area (Å²) in [6.07, 6.45) is 1.78. The third-order valence-corrected chi connectivity index (χ3v) is 3.21. The van der Waals surface area contributed by atoms with Crippen LogP contribution in [0, 0.1) is 0 Å². The summed E-state index contributed by atoms with van der Waals surface area (Å²) in [6.45, 7) is 2.05. The molecule has 0 fully saturated rings. The summed E-state index contributed by atoms with van der Waals surface area (Å²) in [7, 11) is 3.58. The second kappa shape index (κ2) is 5.23. The Bertz CT molecular complexity index is 542. The average molecular weight is 246 g/mol. The molecule has 18 heavy (non-hydrogen) atoms. The van der Waals surface area contributed by atoms with Gasteiger partial charge in [-0.25, -0.2) is 4.98 Å². The number of pyridine rings is 1. The summed E-state index contributed by atoms with van der Waals surface area (Å²) in [5, 5.41) is 11.4. The lowest BCUT2D eigenvalue weighted by Crippen LogP contribution is -2.32. The molecule has 0 spiro atoms. The molecule has 1 N–H and O–H groups in total. The van der Waals surface area contributed by atoms with Gasteiger partial charge in [-0.15, -0.1) is 0 Å². The van der Waals surface area contributed by atoms with Crippen molar-refractivity contribution in [3.63, 3.8) is 0 Å². The molecule has 4 heteroatoms. The van der Waals surface area contributed by atoms with Crippen LogP contribution in [-0.4, -0.2) is 36.9 Å². The van der Waals surface area contributed by atoms with Crippen LogP contribution >= 0.6 is 0 Å². The maximum Gasteiger partial charge on any atom is 0.136 e. The highest BCUT2D eigenvalue weighted by atomic mass is 16.5. The van der Waals surface area contributed by atoms with Gasteiger partial charge in [0.05, 0.1) is 19.8 Å². The molecule has 0 saturated carbocycles. The smallest absolute Gasteiger partial charge is 0.136 e. The third-order valence-electron chi connectivity index (χ3n) is 3.21. The van der Waals surface area contributed by atoms with Gasteiger partial charge in [-0.2, -0.15) is 0 Å². The summed E-state index contributed by atoms with van der Waals surface area (Å²) in [5.74, 6) is 1.66. The first-order valence-electron chi connectivity index (χ1n) is 5.94. The summed E-state index contributed by atoms with van der Waals surface area (Å²) >= 11 is 0. The first-order chi connectivity index (χ1) is 8.67. The van der Waals surface area contributed by atoms with Crippen molar-refractivity contribution in [3.05, 3.63) is 30.5 Å². The molecule has 2 rings (SSSR count). The van der Waals surface area contributed by atoms with E-state index in [0.717, 1.165) is 22.3 Å². The zero-order valence-corrected chi connectivity index (χ0v) is 10.9. The first kappa shape index (κ1) is 12.6. The fraction of sp³-hybridized carbons (Fsp3) is 0.357. The lowest BCUT2D eigenvalue weighted by atomic mass is 10.1. The van der Waals surface area contributed by atoms with Crippen LogP contribution in [-0.2, 0) is 0 Å². The fourth-order valence-corrected chi connectivity index (χ4v) is 1.87. The zero-order chi connectivity index (χ0) is 13.1. The predicted octanol–water partition coefficient (Wildman–Crippen LogP) is 2.06. The van der Waals surface area contributed by atoms with Gasteiger partial charge >= 0.3 is 0 Å². The number of rotatable bonds is 4. The highest BCUT2D eigenvalue weighted by Crippen LogP contribution is 2.28. The fourth-order valence-electron chi connectivity index (χ4n) is 1.87. The number of methoxy groups -OCH3 is 1. The molecule has 0 aliphatic carbocycles. The number of hydrogen-bond acceptors (Lipinski definition) is 4. The number of anilines is 1. The number of fused-ring (bicyclic) bond motifs is 1. The van der Waals surface area contributed by atoms with E-state index in [1.54, 1.807) is 13.3 Å². The molecular formula is C14H18N2O2. The summed E-state index contributed by atoms with van der Waals surface area (Å²) in [4.78, 5) is 6.38. The number of hydrogen-bond donors (Lipinski definition) is 1. The van der Waals surface area contributed by atoms with Gasteiger partial charge < -0.3 is 14.7 Å². The van der Waals surface area contributed by atoms with Crippen LogP contribution < -0.4 is 9.64 Å². The van der Waals surface area contributed by atoms with Crippen LogP contribution in [0.4, 0.5) is 5.82 Å². The molecule has 1 aromatic carbocycles. The van der Waals surface area contributed by atoms with Gasteiger partial charge in [-0.1, -0.05) is 6.07 Å². The number of aromatic nitrogens is 1. The van der Waals surface area contributed by atoms with Crippen LogP contribution in [0.25, 0.3) is 10.8 Å². The third kappa shape index (κ3) is 2.24. The molecule has 1 aromatic heterocycles. The second-order valence-corrected chi connectivity index (χ2v) is 4.36. The minimum absolute atomic E-state index is 0.0225. The van der Waals surface area contributed by atoms with Crippen LogP contribution in [0.3, 0.4) is 0 Å². The molecule has 1 atom stereocenters. The van der Waals surface area contributed by atoms with Crippen molar-refractivity contribution in [2.45, 2.75) is 13.0 Å². The van der Waals surface area contributed by atoms with Crippen molar-refractivity contribution < 1.29 is 9.84 Å². The molecule has 0 aliphatic heterocycles. The number of aliphatic hydroxyl groups is 1. The average Bonchev–Trinajstić information content (AvgIpc) is 2.44. The quantitative estimate of drug-likeness (QED) is 0.897. The molecule has 1 heterocycles. The van der Waals surface area contributed by atoms with Crippen LogP contribution in [0.5, 0.6) is 5.75 Å². The molecule has 96 valence electrons. The highest BCUT2D eigenvalue weighted by Gasteiger charge is 2.13. The molecule has 2 aromatic rings. The molecular weight excluding hydrogens is 228 g/mol. The van der Waals surface area contributed by atoms with Gasteiger partial charge in [0.15, 0.2) is 0 Å². The maximum atomic E-state index is 9.25. The summed E-state index contributed by atoms with van der Waals surface area (Å²) in [5.41, 5.74) is 0. The lowest BCUT2D eigenvalue weighted by molar-refractivity contribution is 0.270. The van der Waals surface area contributed by atoms with Crippen molar-refractivity contribution in [1.82, 2.24) is 4.98 Å².